The maximum Gasteiger partial charge on any atom is 0.308 e. The van der Waals surface area contributed by atoms with Crippen molar-refractivity contribution in [3.8, 4) is 5.75 Å². The van der Waals surface area contributed by atoms with Gasteiger partial charge in [0, 0.05) is 18.7 Å². The normalized spacial score (nSPS) is 16.4. The minimum Gasteiger partial charge on any atom is -0.491 e. The van der Waals surface area contributed by atoms with Gasteiger partial charge < -0.3 is 19.7 Å². The number of carbonyl (C=O) groups is 3. The van der Waals surface area contributed by atoms with Crippen LogP contribution >= 0.6 is 12.2 Å². The molecule has 0 bridgehead atoms. The topological polar surface area (TPSA) is 97.0 Å². The Morgan fingerprint density at radius 2 is 2.14 bits per heavy atom. The average Bonchev–Trinajstić information content (AvgIpc) is 2.63. The lowest BCUT2D eigenvalue weighted by Gasteiger charge is -2.36. The first-order valence-electron chi connectivity index (χ1n) is 9.13. The van der Waals surface area contributed by atoms with Crippen molar-refractivity contribution >= 4 is 35.1 Å². The van der Waals surface area contributed by atoms with Gasteiger partial charge >= 0.3 is 5.97 Å². The van der Waals surface area contributed by atoms with E-state index in [4.69, 9.17) is 21.7 Å². The molecule has 2 N–H and O–H groups in total. The molecule has 1 saturated heterocycles. The minimum absolute atomic E-state index is 0.0186. The fourth-order valence-electron chi connectivity index (χ4n) is 2.76. The lowest BCUT2D eigenvalue weighted by molar-refractivity contribution is -0.147. The van der Waals surface area contributed by atoms with Crippen LogP contribution in [0.25, 0.3) is 0 Å². The van der Waals surface area contributed by atoms with E-state index in [1.54, 1.807) is 31.2 Å². The third kappa shape index (κ3) is 5.91. The molecule has 0 aromatic heterocycles. The Morgan fingerprint density at radius 3 is 2.82 bits per heavy atom. The SMILES string of the molecule is CCOC(=O)CC1C(=O)NCCN1C(=S)NC(=O)c1cccc(OC(C)C)c1. The molecule has 8 nitrogen and oxygen atoms in total. The summed E-state index contributed by atoms with van der Waals surface area (Å²) in [6.45, 7) is 6.46. The van der Waals surface area contributed by atoms with Gasteiger partial charge in [-0.3, -0.25) is 19.7 Å². The Balaban J connectivity index is 2.07. The van der Waals surface area contributed by atoms with Crippen molar-refractivity contribution in [2.45, 2.75) is 39.3 Å². The molecular formula is C19H25N3O5S. The van der Waals surface area contributed by atoms with Gasteiger partial charge in [0.05, 0.1) is 19.1 Å². The van der Waals surface area contributed by atoms with Crippen molar-refractivity contribution in [2.24, 2.45) is 0 Å². The van der Waals surface area contributed by atoms with Gasteiger partial charge in [-0.05, 0) is 51.2 Å². The molecule has 9 heteroatoms. The molecule has 0 saturated carbocycles. The van der Waals surface area contributed by atoms with Crippen molar-refractivity contribution in [3.05, 3.63) is 29.8 Å². The number of ether oxygens (including phenoxy) is 2. The summed E-state index contributed by atoms with van der Waals surface area (Å²) in [6.07, 6.45) is -0.164. The number of hydrogen-bond donors (Lipinski definition) is 2. The van der Waals surface area contributed by atoms with Crippen LogP contribution in [0.4, 0.5) is 0 Å². The highest BCUT2D eigenvalue weighted by molar-refractivity contribution is 7.80. The smallest absolute Gasteiger partial charge is 0.308 e. The Morgan fingerprint density at radius 1 is 1.39 bits per heavy atom. The molecule has 2 amide bonds. The second-order valence-corrected chi connectivity index (χ2v) is 6.85. The number of rotatable bonds is 6. The number of esters is 1. The van der Waals surface area contributed by atoms with Crippen LogP contribution in [0.2, 0.25) is 0 Å². The van der Waals surface area contributed by atoms with Gasteiger partial charge in [0.15, 0.2) is 5.11 Å². The average molecular weight is 407 g/mol. The first-order chi connectivity index (χ1) is 13.3. The predicted molar refractivity (Wildman–Crippen MR) is 107 cm³/mol. The summed E-state index contributed by atoms with van der Waals surface area (Å²) >= 11 is 5.33. The first kappa shape index (κ1) is 21.6. The van der Waals surface area contributed by atoms with Crippen LogP contribution in [0.5, 0.6) is 5.75 Å². The van der Waals surface area contributed by atoms with E-state index < -0.39 is 17.9 Å². The van der Waals surface area contributed by atoms with E-state index in [1.165, 1.54) is 4.90 Å². The Hall–Kier alpha value is -2.68. The second-order valence-electron chi connectivity index (χ2n) is 6.46. The first-order valence-corrected chi connectivity index (χ1v) is 9.54. The Bertz CT molecular complexity index is 753. The monoisotopic (exact) mass is 407 g/mol. The zero-order valence-corrected chi connectivity index (χ0v) is 17.0. The van der Waals surface area contributed by atoms with E-state index in [1.807, 2.05) is 13.8 Å². The molecule has 1 unspecified atom stereocenters. The third-order valence-electron chi connectivity index (χ3n) is 3.95. The van der Waals surface area contributed by atoms with Gasteiger partial charge in [-0.15, -0.1) is 0 Å². The van der Waals surface area contributed by atoms with E-state index in [0.29, 0.717) is 24.4 Å². The van der Waals surface area contributed by atoms with Gasteiger partial charge in [-0.1, -0.05) is 6.07 Å². The highest BCUT2D eigenvalue weighted by Crippen LogP contribution is 2.16. The van der Waals surface area contributed by atoms with E-state index in [0.717, 1.165) is 0 Å². The zero-order chi connectivity index (χ0) is 20.7. The van der Waals surface area contributed by atoms with Crippen LogP contribution in [-0.2, 0) is 14.3 Å². The number of carbonyl (C=O) groups excluding carboxylic acids is 3. The molecule has 0 spiro atoms. The molecule has 152 valence electrons. The Kier molecular flexibility index (Phi) is 7.74. The molecule has 1 aliphatic rings. The standard InChI is InChI=1S/C19H25N3O5S/c1-4-26-16(23)11-15-18(25)20-8-9-22(15)19(28)21-17(24)13-6-5-7-14(10-13)27-12(2)3/h5-7,10,12,15H,4,8-9,11H2,1-3H3,(H,20,25)(H,21,24,28). The maximum absolute atomic E-state index is 12.6. The van der Waals surface area contributed by atoms with Gasteiger partial charge in [0.1, 0.15) is 11.8 Å². The van der Waals surface area contributed by atoms with Crippen molar-refractivity contribution in [3.63, 3.8) is 0 Å². The highest BCUT2D eigenvalue weighted by Gasteiger charge is 2.34. The lowest BCUT2D eigenvalue weighted by atomic mass is 10.1. The molecule has 1 aromatic rings. The summed E-state index contributed by atoms with van der Waals surface area (Å²) in [6, 6.07) is 5.92. The molecule has 2 rings (SSSR count). The van der Waals surface area contributed by atoms with Crippen LogP contribution in [0.3, 0.4) is 0 Å². The molecule has 1 aliphatic heterocycles. The molecule has 0 radical (unpaired) electrons. The molecule has 1 aromatic carbocycles. The van der Waals surface area contributed by atoms with Crippen LogP contribution in [0.15, 0.2) is 24.3 Å². The minimum atomic E-state index is -0.823. The largest absolute Gasteiger partial charge is 0.491 e. The van der Waals surface area contributed by atoms with E-state index in [-0.39, 0.29) is 30.2 Å². The molecule has 0 aliphatic carbocycles. The number of piperazine rings is 1. The molecule has 28 heavy (non-hydrogen) atoms. The third-order valence-corrected chi connectivity index (χ3v) is 4.28. The second kappa shape index (κ2) is 10.0. The van der Waals surface area contributed by atoms with Gasteiger partial charge in [-0.2, -0.15) is 0 Å². The van der Waals surface area contributed by atoms with Crippen molar-refractivity contribution in [1.29, 1.82) is 0 Å². The number of thiocarbonyl (C=S) groups is 1. The van der Waals surface area contributed by atoms with Crippen molar-refractivity contribution in [1.82, 2.24) is 15.5 Å². The summed E-state index contributed by atoms with van der Waals surface area (Å²) in [5.41, 5.74) is 0.379. The van der Waals surface area contributed by atoms with E-state index >= 15 is 0 Å². The van der Waals surface area contributed by atoms with Gasteiger partial charge in [0.25, 0.3) is 5.91 Å². The number of nitrogens with one attached hydrogen (secondary N) is 2. The van der Waals surface area contributed by atoms with E-state index in [2.05, 4.69) is 10.6 Å². The fourth-order valence-corrected chi connectivity index (χ4v) is 3.07. The summed E-state index contributed by atoms with van der Waals surface area (Å²) in [4.78, 5) is 38.1. The molecule has 1 fully saturated rings. The number of amides is 2. The van der Waals surface area contributed by atoms with Gasteiger partial charge in [0.2, 0.25) is 5.91 Å². The quantitative estimate of drug-likeness (QED) is 0.541. The fraction of sp³-hybridized carbons (Fsp3) is 0.474. The summed E-state index contributed by atoms with van der Waals surface area (Å²) in [7, 11) is 0. The summed E-state index contributed by atoms with van der Waals surface area (Å²) in [5, 5.41) is 5.42. The molecule has 1 heterocycles. The number of benzene rings is 1. The number of hydrogen-bond acceptors (Lipinski definition) is 6. The van der Waals surface area contributed by atoms with Crippen molar-refractivity contribution in [2.75, 3.05) is 19.7 Å². The predicted octanol–water partition coefficient (Wildman–Crippen LogP) is 1.24. The highest BCUT2D eigenvalue weighted by atomic mass is 32.1. The Labute approximate surface area is 169 Å². The van der Waals surface area contributed by atoms with Crippen molar-refractivity contribution < 1.29 is 23.9 Å². The van der Waals surface area contributed by atoms with Crippen LogP contribution < -0.4 is 15.4 Å². The maximum atomic E-state index is 12.6. The van der Waals surface area contributed by atoms with Crippen LogP contribution in [-0.4, -0.2) is 59.6 Å². The van der Waals surface area contributed by atoms with Crippen LogP contribution in [0, 0.1) is 0 Å². The zero-order valence-electron chi connectivity index (χ0n) is 16.2. The van der Waals surface area contributed by atoms with Crippen LogP contribution in [0.1, 0.15) is 37.6 Å². The summed E-state index contributed by atoms with van der Waals surface area (Å²) < 4.78 is 10.5. The molecular weight excluding hydrogens is 382 g/mol. The van der Waals surface area contributed by atoms with Gasteiger partial charge in [-0.25, -0.2) is 0 Å². The lowest BCUT2D eigenvalue weighted by Crippen LogP contribution is -2.60. The van der Waals surface area contributed by atoms with E-state index in [9.17, 15) is 14.4 Å². The number of nitrogens with zero attached hydrogens (tertiary/aromatic N) is 1. The molecule has 1 atom stereocenters. The summed E-state index contributed by atoms with van der Waals surface area (Å²) in [5.74, 6) is -0.670.